The van der Waals surface area contributed by atoms with Crippen LogP contribution in [0.4, 0.5) is 5.69 Å². The summed E-state index contributed by atoms with van der Waals surface area (Å²) in [6.07, 6.45) is 9.89. The highest BCUT2D eigenvalue weighted by atomic mass is 35.5. The quantitative estimate of drug-likeness (QED) is 0.812. The molecule has 1 N–H and O–H groups in total. The first-order valence-corrected chi connectivity index (χ1v) is 5.77. The number of halogens is 1. The first-order chi connectivity index (χ1) is 8.03. The van der Waals surface area contributed by atoms with Crippen molar-refractivity contribution in [2.45, 2.75) is 13.8 Å². The molecular weight excluding hydrogens is 236 g/mol. The van der Waals surface area contributed by atoms with E-state index in [-0.39, 0.29) is 5.41 Å². The molecule has 1 aliphatic rings. The molecule has 1 aliphatic carbocycles. The third-order valence-electron chi connectivity index (χ3n) is 2.64. The van der Waals surface area contributed by atoms with E-state index in [9.17, 15) is 0 Å². The number of aromatic nitrogens is 1. The lowest BCUT2D eigenvalue weighted by atomic mass is 9.93. The van der Waals surface area contributed by atoms with Gasteiger partial charge < -0.3 is 0 Å². The van der Waals surface area contributed by atoms with E-state index in [2.05, 4.69) is 36.5 Å². The zero-order chi connectivity index (χ0) is 12.5. The Labute approximate surface area is 106 Å². The molecule has 0 bridgehead atoms. The Balaban J connectivity index is 2.52. The molecule has 2 rings (SSSR count). The second kappa shape index (κ2) is 4.51. The Bertz CT molecular complexity index is 492. The van der Waals surface area contributed by atoms with E-state index < -0.39 is 0 Å². The summed E-state index contributed by atoms with van der Waals surface area (Å²) in [5, 5.41) is 0.621. The minimum absolute atomic E-state index is 0.0128. The average molecular weight is 251 g/mol. The van der Waals surface area contributed by atoms with Crippen molar-refractivity contribution in [2.24, 2.45) is 5.41 Å². The molecule has 0 unspecified atom stereocenters. The van der Waals surface area contributed by atoms with Crippen LogP contribution in [0.15, 0.2) is 18.3 Å². The van der Waals surface area contributed by atoms with Gasteiger partial charge in [-0.15, -0.1) is 0 Å². The largest absolute Gasteiger partial charge is 0.279 e. The van der Waals surface area contributed by atoms with Crippen LogP contribution in [0.5, 0.6) is 0 Å². The fourth-order valence-electron chi connectivity index (χ4n) is 1.64. The molecule has 0 aliphatic heterocycles. The zero-order valence-electron chi connectivity index (χ0n) is 10.1. The van der Waals surface area contributed by atoms with Crippen molar-refractivity contribution in [3.63, 3.8) is 0 Å². The number of rotatable bonds is 2. The molecule has 0 atom stereocenters. The molecule has 0 amide bonds. The normalized spacial score (nSPS) is 16.5. The van der Waals surface area contributed by atoms with E-state index in [1.54, 1.807) is 13.3 Å². The van der Waals surface area contributed by atoms with Crippen molar-refractivity contribution in [2.75, 3.05) is 12.6 Å². The molecule has 0 aromatic carbocycles. The van der Waals surface area contributed by atoms with Crippen molar-refractivity contribution in [3.05, 3.63) is 34.6 Å². The molecule has 1 heterocycles. The fourth-order valence-corrected chi connectivity index (χ4v) is 1.88. The maximum atomic E-state index is 6.30. The summed E-state index contributed by atoms with van der Waals surface area (Å²) >= 11 is 6.30. The standard InChI is InChI=1S/C13H15ClN2O/c1-13(2)6-4-9-10(5-7-13)15-8-11(12(9)14)16-17-3/h4-8,16H,1-3H3. The highest BCUT2D eigenvalue weighted by Gasteiger charge is 2.16. The third kappa shape index (κ3) is 2.51. The number of hydrogen-bond acceptors (Lipinski definition) is 3. The molecule has 0 radical (unpaired) electrons. The minimum Gasteiger partial charge on any atom is -0.279 e. The molecule has 0 spiro atoms. The maximum Gasteiger partial charge on any atom is 0.0980 e. The van der Waals surface area contributed by atoms with Crippen LogP contribution < -0.4 is 5.48 Å². The lowest BCUT2D eigenvalue weighted by Crippen LogP contribution is -2.00. The van der Waals surface area contributed by atoms with Crippen molar-refractivity contribution in [1.82, 2.24) is 4.98 Å². The lowest BCUT2D eigenvalue weighted by Gasteiger charge is -2.12. The summed E-state index contributed by atoms with van der Waals surface area (Å²) in [4.78, 5) is 9.21. The van der Waals surface area contributed by atoms with E-state index in [1.165, 1.54) is 0 Å². The highest BCUT2D eigenvalue weighted by Crippen LogP contribution is 2.33. The Kier molecular flexibility index (Phi) is 3.22. The smallest absolute Gasteiger partial charge is 0.0980 e. The van der Waals surface area contributed by atoms with Gasteiger partial charge in [-0.05, 0) is 6.08 Å². The molecule has 0 saturated heterocycles. The second-order valence-corrected chi connectivity index (χ2v) is 4.96. The summed E-state index contributed by atoms with van der Waals surface area (Å²) in [6, 6.07) is 0. The van der Waals surface area contributed by atoms with E-state index in [0.29, 0.717) is 10.7 Å². The van der Waals surface area contributed by atoms with E-state index >= 15 is 0 Å². The molecule has 90 valence electrons. The molecule has 0 saturated carbocycles. The summed E-state index contributed by atoms with van der Waals surface area (Å²) in [5.41, 5.74) is 5.19. The van der Waals surface area contributed by atoms with Gasteiger partial charge in [-0.2, -0.15) is 0 Å². The van der Waals surface area contributed by atoms with Crippen molar-refractivity contribution in [1.29, 1.82) is 0 Å². The summed E-state index contributed by atoms with van der Waals surface area (Å²) in [5.74, 6) is 0. The van der Waals surface area contributed by atoms with Gasteiger partial charge in [-0.25, -0.2) is 0 Å². The van der Waals surface area contributed by atoms with E-state index in [1.807, 2.05) is 12.2 Å². The maximum absolute atomic E-state index is 6.30. The molecular formula is C13H15ClN2O. The molecule has 0 fully saturated rings. The Hall–Kier alpha value is -1.32. The predicted molar refractivity (Wildman–Crippen MR) is 71.7 cm³/mol. The van der Waals surface area contributed by atoms with Gasteiger partial charge >= 0.3 is 0 Å². The first kappa shape index (κ1) is 12.1. The van der Waals surface area contributed by atoms with Gasteiger partial charge in [0.2, 0.25) is 0 Å². The van der Waals surface area contributed by atoms with Crippen molar-refractivity contribution >= 4 is 29.4 Å². The predicted octanol–water partition coefficient (Wildman–Crippen LogP) is 3.77. The average Bonchev–Trinajstić information content (AvgIpc) is 2.43. The van der Waals surface area contributed by atoms with Gasteiger partial charge in [-0.3, -0.25) is 15.3 Å². The molecule has 1 aromatic rings. The Morgan fingerprint density at radius 2 is 2.00 bits per heavy atom. The molecule has 4 heteroatoms. The van der Waals surface area contributed by atoms with Crippen LogP contribution in [-0.4, -0.2) is 12.1 Å². The number of anilines is 1. The Morgan fingerprint density at radius 1 is 1.29 bits per heavy atom. The van der Waals surface area contributed by atoms with Gasteiger partial charge in [-0.1, -0.05) is 43.7 Å². The molecule has 17 heavy (non-hydrogen) atoms. The van der Waals surface area contributed by atoms with Gasteiger partial charge in [0.15, 0.2) is 0 Å². The second-order valence-electron chi connectivity index (χ2n) is 4.58. The zero-order valence-corrected chi connectivity index (χ0v) is 10.9. The van der Waals surface area contributed by atoms with Gasteiger partial charge in [0.25, 0.3) is 0 Å². The van der Waals surface area contributed by atoms with Crippen molar-refractivity contribution in [3.8, 4) is 0 Å². The third-order valence-corrected chi connectivity index (χ3v) is 3.05. The summed E-state index contributed by atoms with van der Waals surface area (Å²) in [6.45, 7) is 4.27. The fraction of sp³-hybridized carbons (Fsp3) is 0.308. The topological polar surface area (TPSA) is 34.1 Å². The van der Waals surface area contributed by atoms with Crippen LogP contribution in [0, 0.1) is 5.41 Å². The van der Waals surface area contributed by atoms with Gasteiger partial charge in [0, 0.05) is 11.0 Å². The molecule has 1 aromatic heterocycles. The number of nitrogens with zero attached hydrogens (tertiary/aromatic N) is 1. The first-order valence-electron chi connectivity index (χ1n) is 5.39. The lowest BCUT2D eigenvalue weighted by molar-refractivity contribution is 0.271. The van der Waals surface area contributed by atoms with Crippen molar-refractivity contribution < 1.29 is 4.84 Å². The number of nitrogens with one attached hydrogen (secondary N) is 1. The SMILES string of the molecule is CONc1cnc2c(c1Cl)C=CC(C)(C)C=C2. The Morgan fingerprint density at radius 3 is 2.71 bits per heavy atom. The number of hydrogen-bond donors (Lipinski definition) is 1. The van der Waals surface area contributed by atoms with Crippen LogP contribution in [-0.2, 0) is 4.84 Å². The van der Waals surface area contributed by atoms with Crippen LogP contribution >= 0.6 is 11.6 Å². The summed E-state index contributed by atoms with van der Waals surface area (Å²) < 4.78 is 0. The van der Waals surface area contributed by atoms with E-state index in [4.69, 9.17) is 16.4 Å². The number of fused-ring (bicyclic) bond motifs is 1. The van der Waals surface area contributed by atoms with Crippen LogP contribution in [0.2, 0.25) is 5.02 Å². The van der Waals surface area contributed by atoms with Gasteiger partial charge in [0.05, 0.1) is 29.7 Å². The monoisotopic (exact) mass is 250 g/mol. The molecule has 3 nitrogen and oxygen atoms in total. The number of pyridine rings is 1. The van der Waals surface area contributed by atoms with E-state index in [0.717, 1.165) is 11.3 Å². The minimum atomic E-state index is 0.0128. The van der Waals surface area contributed by atoms with Crippen LogP contribution in [0.25, 0.3) is 12.2 Å². The number of allylic oxidation sites excluding steroid dienone is 2. The summed E-state index contributed by atoms with van der Waals surface area (Å²) in [7, 11) is 1.54. The highest BCUT2D eigenvalue weighted by molar-refractivity contribution is 6.34. The van der Waals surface area contributed by atoms with Gasteiger partial charge in [0.1, 0.15) is 0 Å². The van der Waals surface area contributed by atoms with Crippen LogP contribution in [0.3, 0.4) is 0 Å². The van der Waals surface area contributed by atoms with Crippen LogP contribution in [0.1, 0.15) is 25.1 Å².